The lowest BCUT2D eigenvalue weighted by atomic mass is 10.3. The minimum atomic E-state index is -0.0681. The minimum absolute atomic E-state index is 0.00748. The van der Waals surface area contributed by atoms with Gasteiger partial charge in [-0.1, -0.05) is 0 Å². The fourth-order valence-electron chi connectivity index (χ4n) is 1.52. The molecule has 0 saturated heterocycles. The third-order valence-corrected chi connectivity index (χ3v) is 2.76. The molecule has 0 aliphatic rings. The number of hydrogen-bond donors (Lipinski definition) is 1. The van der Waals surface area contributed by atoms with E-state index in [0.29, 0.717) is 25.3 Å². The summed E-state index contributed by atoms with van der Waals surface area (Å²) >= 11 is 5.50. The summed E-state index contributed by atoms with van der Waals surface area (Å²) < 4.78 is 0. The number of halogens is 1. The van der Waals surface area contributed by atoms with Gasteiger partial charge in [0.1, 0.15) is 11.6 Å². The van der Waals surface area contributed by atoms with Crippen LogP contribution in [0.15, 0.2) is 29.4 Å². The van der Waals surface area contributed by atoms with E-state index in [1.54, 1.807) is 29.2 Å². The summed E-state index contributed by atoms with van der Waals surface area (Å²) in [5, 5.41) is 5.98. The van der Waals surface area contributed by atoms with Crippen molar-refractivity contribution < 1.29 is 4.79 Å². The summed E-state index contributed by atoms with van der Waals surface area (Å²) in [6.45, 7) is 3.77. The fraction of sp³-hybridized carbons (Fsp3) is 0.417. The molecule has 0 aliphatic heterocycles. The monoisotopic (exact) mass is 269 g/mol. The number of alkyl halides is 1. The van der Waals surface area contributed by atoms with Crippen LogP contribution in [0.2, 0.25) is 0 Å². The van der Waals surface area contributed by atoms with Crippen LogP contribution in [0, 0.1) is 4.91 Å². The Morgan fingerprint density at radius 3 is 2.56 bits per heavy atom. The Hall–Kier alpha value is -1.62. The van der Waals surface area contributed by atoms with E-state index in [9.17, 15) is 9.70 Å². The highest BCUT2D eigenvalue weighted by atomic mass is 35.5. The van der Waals surface area contributed by atoms with Crippen molar-refractivity contribution >= 4 is 28.9 Å². The van der Waals surface area contributed by atoms with Crippen LogP contribution in [-0.4, -0.2) is 36.3 Å². The molecule has 1 aromatic carbocycles. The lowest BCUT2D eigenvalue weighted by molar-refractivity contribution is -0.128. The zero-order valence-electron chi connectivity index (χ0n) is 10.2. The predicted molar refractivity (Wildman–Crippen MR) is 73.4 cm³/mol. The molecule has 0 saturated carbocycles. The minimum Gasteiger partial charge on any atom is -0.383 e. The molecule has 1 aromatic rings. The van der Waals surface area contributed by atoms with Gasteiger partial charge in [0.25, 0.3) is 0 Å². The Labute approximate surface area is 111 Å². The maximum atomic E-state index is 11.4. The van der Waals surface area contributed by atoms with Gasteiger partial charge in [-0.05, 0) is 36.4 Å². The van der Waals surface area contributed by atoms with Crippen LogP contribution in [-0.2, 0) is 4.79 Å². The summed E-state index contributed by atoms with van der Waals surface area (Å²) in [5.41, 5.74) is 1.28. The van der Waals surface area contributed by atoms with Gasteiger partial charge < -0.3 is 10.2 Å². The van der Waals surface area contributed by atoms with Gasteiger partial charge in [-0.3, -0.25) is 4.79 Å². The van der Waals surface area contributed by atoms with Crippen molar-refractivity contribution in [2.75, 3.05) is 30.8 Å². The van der Waals surface area contributed by atoms with E-state index in [1.807, 2.05) is 6.92 Å². The van der Waals surface area contributed by atoms with Crippen molar-refractivity contribution in [1.29, 1.82) is 0 Å². The van der Waals surface area contributed by atoms with Crippen molar-refractivity contribution in [2.45, 2.75) is 6.92 Å². The van der Waals surface area contributed by atoms with E-state index in [0.717, 1.165) is 5.69 Å². The molecule has 0 bridgehead atoms. The zero-order valence-corrected chi connectivity index (χ0v) is 11.0. The van der Waals surface area contributed by atoms with Crippen LogP contribution in [0.1, 0.15) is 6.92 Å². The van der Waals surface area contributed by atoms with Crippen molar-refractivity contribution in [2.24, 2.45) is 5.18 Å². The number of nitroso groups, excluding NO2 is 1. The summed E-state index contributed by atoms with van der Waals surface area (Å²) in [4.78, 5) is 23.3. The molecule has 0 aromatic heterocycles. The molecule has 0 aliphatic carbocycles. The molecule has 0 atom stereocenters. The van der Waals surface area contributed by atoms with Crippen LogP contribution < -0.4 is 5.32 Å². The first kappa shape index (κ1) is 14.4. The highest BCUT2D eigenvalue weighted by Gasteiger charge is 2.08. The molecule has 18 heavy (non-hydrogen) atoms. The quantitative estimate of drug-likeness (QED) is 0.611. The van der Waals surface area contributed by atoms with Gasteiger partial charge in [-0.15, -0.1) is 16.5 Å². The molecular weight excluding hydrogens is 254 g/mol. The Morgan fingerprint density at radius 2 is 2.06 bits per heavy atom. The molecule has 0 spiro atoms. The fourth-order valence-corrected chi connectivity index (χ4v) is 1.69. The molecule has 6 heteroatoms. The van der Waals surface area contributed by atoms with E-state index in [4.69, 9.17) is 11.6 Å². The average molecular weight is 270 g/mol. The topological polar surface area (TPSA) is 61.8 Å². The third-order valence-electron chi connectivity index (χ3n) is 2.53. The lowest BCUT2D eigenvalue weighted by Crippen LogP contribution is -2.35. The number of rotatable bonds is 7. The molecule has 5 nitrogen and oxygen atoms in total. The Balaban J connectivity index is 2.40. The number of benzene rings is 1. The van der Waals surface area contributed by atoms with Gasteiger partial charge in [0.05, 0.1) is 0 Å². The lowest BCUT2D eigenvalue weighted by Gasteiger charge is -2.20. The van der Waals surface area contributed by atoms with Crippen molar-refractivity contribution in [1.82, 2.24) is 4.90 Å². The predicted octanol–water partition coefficient (Wildman–Crippen LogP) is 2.58. The maximum Gasteiger partial charge on any atom is 0.237 e. The van der Waals surface area contributed by atoms with Gasteiger partial charge in [0.15, 0.2) is 0 Å². The summed E-state index contributed by atoms with van der Waals surface area (Å²) in [6, 6.07) is 6.82. The van der Waals surface area contributed by atoms with Gasteiger partial charge in [0, 0.05) is 25.3 Å². The Bertz CT molecular complexity index is 395. The number of nitrogens with one attached hydrogen (secondary N) is 1. The van der Waals surface area contributed by atoms with E-state index in [2.05, 4.69) is 10.5 Å². The largest absolute Gasteiger partial charge is 0.383 e. The van der Waals surface area contributed by atoms with E-state index >= 15 is 0 Å². The zero-order chi connectivity index (χ0) is 13.4. The van der Waals surface area contributed by atoms with Crippen LogP contribution in [0.25, 0.3) is 0 Å². The van der Waals surface area contributed by atoms with Gasteiger partial charge >= 0.3 is 0 Å². The van der Waals surface area contributed by atoms with E-state index in [1.165, 1.54) is 0 Å². The van der Waals surface area contributed by atoms with Crippen LogP contribution in [0.5, 0.6) is 0 Å². The second-order valence-corrected chi connectivity index (χ2v) is 3.94. The maximum absolute atomic E-state index is 11.4. The van der Waals surface area contributed by atoms with Crippen LogP contribution >= 0.6 is 11.6 Å². The molecular formula is C12H16ClN3O2. The Kier molecular flexibility index (Phi) is 6.14. The first-order valence-electron chi connectivity index (χ1n) is 5.72. The second-order valence-electron chi connectivity index (χ2n) is 3.67. The van der Waals surface area contributed by atoms with Gasteiger partial charge in [0.2, 0.25) is 5.91 Å². The highest BCUT2D eigenvalue weighted by Crippen LogP contribution is 2.15. The highest BCUT2D eigenvalue weighted by molar-refractivity contribution is 6.27. The number of carbonyl (C=O) groups is 1. The number of amides is 1. The molecule has 1 amide bonds. The first-order chi connectivity index (χ1) is 8.71. The molecule has 1 N–H and O–H groups in total. The molecule has 1 rings (SSSR count). The number of nitrogens with zero attached hydrogens (tertiary/aromatic N) is 2. The SMILES string of the molecule is CCN(CCNc1ccc(N=O)cc1)C(=O)CCl. The molecule has 98 valence electrons. The first-order valence-corrected chi connectivity index (χ1v) is 6.25. The normalized spacial score (nSPS) is 9.89. The molecule has 0 unspecified atom stereocenters. The van der Waals surface area contributed by atoms with Crippen LogP contribution in [0.4, 0.5) is 11.4 Å². The van der Waals surface area contributed by atoms with Crippen LogP contribution in [0.3, 0.4) is 0 Å². The summed E-state index contributed by atoms with van der Waals surface area (Å²) in [5.74, 6) is -0.0606. The number of anilines is 1. The van der Waals surface area contributed by atoms with Crippen molar-refractivity contribution in [3.8, 4) is 0 Å². The number of hydrogen-bond acceptors (Lipinski definition) is 4. The standard InChI is InChI=1S/C12H16ClN3O2/c1-2-16(12(17)9-13)8-7-14-10-3-5-11(15-18)6-4-10/h3-6,14H,2,7-9H2,1H3. The smallest absolute Gasteiger partial charge is 0.237 e. The third kappa shape index (κ3) is 4.33. The molecule has 0 radical (unpaired) electrons. The summed E-state index contributed by atoms with van der Waals surface area (Å²) in [6.07, 6.45) is 0. The van der Waals surface area contributed by atoms with E-state index in [-0.39, 0.29) is 11.8 Å². The number of carbonyl (C=O) groups excluding carboxylic acids is 1. The van der Waals surface area contributed by atoms with Crippen molar-refractivity contribution in [3.05, 3.63) is 29.2 Å². The average Bonchev–Trinajstić information content (AvgIpc) is 2.43. The van der Waals surface area contributed by atoms with Crippen molar-refractivity contribution in [3.63, 3.8) is 0 Å². The van der Waals surface area contributed by atoms with Gasteiger partial charge in [-0.25, -0.2) is 0 Å². The summed E-state index contributed by atoms with van der Waals surface area (Å²) in [7, 11) is 0. The second kappa shape index (κ2) is 7.66. The Morgan fingerprint density at radius 1 is 1.39 bits per heavy atom. The number of likely N-dealkylation sites (N-methyl/N-ethyl adjacent to an activating group) is 1. The van der Waals surface area contributed by atoms with E-state index < -0.39 is 0 Å². The van der Waals surface area contributed by atoms with Gasteiger partial charge in [-0.2, -0.15) is 0 Å². The molecule has 0 fully saturated rings. The molecule has 0 heterocycles.